The molecule has 106 valence electrons. The minimum Gasteiger partial charge on any atom is -0.368 e. The van der Waals surface area contributed by atoms with Crippen LogP contribution in [0.5, 0.6) is 0 Å². The topological polar surface area (TPSA) is 85.9 Å². The zero-order chi connectivity index (χ0) is 14.7. The molecule has 0 bridgehead atoms. The fraction of sp³-hybridized carbons (Fsp3) is 0.143. The van der Waals surface area contributed by atoms with Gasteiger partial charge in [0.05, 0.1) is 16.8 Å². The molecule has 0 aliphatic rings. The lowest BCUT2D eigenvalue weighted by molar-refractivity contribution is -0.384. The summed E-state index contributed by atoms with van der Waals surface area (Å²) in [7, 11) is 0. The van der Waals surface area contributed by atoms with E-state index in [0.29, 0.717) is 0 Å². The molecule has 3 rings (SSSR count). The lowest BCUT2D eigenvalue weighted by atomic mass is 10.2. The third kappa shape index (κ3) is 2.97. The minimum absolute atomic E-state index is 0.0742. The summed E-state index contributed by atoms with van der Waals surface area (Å²) in [5, 5.41) is 14.7. The van der Waals surface area contributed by atoms with Crippen LogP contribution in [0, 0.1) is 10.1 Å². The Morgan fingerprint density at radius 1 is 1.29 bits per heavy atom. The number of nitro benzene ring substituents is 1. The number of fused-ring (bicyclic) bond motifs is 1. The molecule has 21 heavy (non-hydrogen) atoms. The summed E-state index contributed by atoms with van der Waals surface area (Å²) in [5.74, 6) is 0.747. The van der Waals surface area contributed by atoms with E-state index in [1.807, 2.05) is 22.9 Å². The second-order valence-electron chi connectivity index (χ2n) is 4.56. The zero-order valence-electron chi connectivity index (χ0n) is 11.1. The quantitative estimate of drug-likeness (QED) is 0.574. The van der Waals surface area contributed by atoms with E-state index < -0.39 is 4.92 Å². The lowest BCUT2D eigenvalue weighted by Crippen LogP contribution is -2.10. The minimum atomic E-state index is -0.406. The molecule has 1 aromatic carbocycles. The van der Waals surface area contributed by atoms with Gasteiger partial charge in [0.1, 0.15) is 5.82 Å². The van der Waals surface area contributed by atoms with Crippen molar-refractivity contribution >= 4 is 22.4 Å². The molecular weight excluding hydrogens is 270 g/mol. The summed E-state index contributed by atoms with van der Waals surface area (Å²) in [6, 6.07) is 8.30. The van der Waals surface area contributed by atoms with Crippen LogP contribution in [0.25, 0.3) is 10.9 Å². The summed E-state index contributed by atoms with van der Waals surface area (Å²) in [6.45, 7) is 1.52. The molecule has 0 fully saturated rings. The third-order valence-corrected chi connectivity index (χ3v) is 3.12. The van der Waals surface area contributed by atoms with E-state index in [4.69, 9.17) is 0 Å². The number of hydrogen-bond acceptors (Lipinski definition) is 5. The number of pyridine rings is 1. The highest BCUT2D eigenvalue weighted by Gasteiger charge is 2.06. The Balaban J connectivity index is 1.72. The molecule has 0 saturated heterocycles. The summed E-state index contributed by atoms with van der Waals surface area (Å²) in [5.41, 5.74) is 0.804. The Labute approximate surface area is 120 Å². The third-order valence-electron chi connectivity index (χ3n) is 3.12. The number of imidazole rings is 1. The van der Waals surface area contributed by atoms with Gasteiger partial charge in [-0.2, -0.15) is 0 Å². The van der Waals surface area contributed by atoms with Gasteiger partial charge >= 0.3 is 0 Å². The van der Waals surface area contributed by atoms with Gasteiger partial charge in [-0.1, -0.05) is 0 Å². The highest BCUT2D eigenvalue weighted by molar-refractivity contribution is 5.82. The molecule has 2 heterocycles. The summed E-state index contributed by atoms with van der Waals surface area (Å²) in [4.78, 5) is 18.7. The fourth-order valence-electron chi connectivity index (χ4n) is 2.06. The molecule has 0 aliphatic carbocycles. The van der Waals surface area contributed by atoms with E-state index in [0.717, 1.165) is 29.8 Å². The van der Waals surface area contributed by atoms with Crippen molar-refractivity contribution < 1.29 is 4.92 Å². The van der Waals surface area contributed by atoms with Crippen molar-refractivity contribution in [2.75, 3.05) is 11.9 Å². The summed E-state index contributed by atoms with van der Waals surface area (Å²) >= 11 is 0. The van der Waals surface area contributed by atoms with Crippen molar-refractivity contribution in [1.29, 1.82) is 0 Å². The molecule has 0 spiro atoms. The summed E-state index contributed by atoms with van der Waals surface area (Å²) < 4.78 is 1.97. The van der Waals surface area contributed by atoms with Crippen LogP contribution in [0.3, 0.4) is 0 Å². The molecule has 2 aromatic heterocycles. The Kier molecular flexibility index (Phi) is 3.46. The average molecular weight is 283 g/mol. The van der Waals surface area contributed by atoms with E-state index in [1.54, 1.807) is 18.6 Å². The van der Waals surface area contributed by atoms with Gasteiger partial charge in [-0.05, 0) is 18.2 Å². The van der Waals surface area contributed by atoms with Crippen LogP contribution in [0.15, 0.2) is 49.1 Å². The largest absolute Gasteiger partial charge is 0.368 e. The average Bonchev–Trinajstić information content (AvgIpc) is 3.00. The molecular formula is C14H13N5O2. The van der Waals surface area contributed by atoms with Gasteiger partial charge in [-0.15, -0.1) is 0 Å². The number of aromatic nitrogens is 3. The predicted molar refractivity (Wildman–Crippen MR) is 79.1 cm³/mol. The maximum absolute atomic E-state index is 10.7. The van der Waals surface area contributed by atoms with E-state index in [1.165, 1.54) is 12.1 Å². The van der Waals surface area contributed by atoms with E-state index in [-0.39, 0.29) is 5.69 Å². The molecule has 0 amide bonds. The van der Waals surface area contributed by atoms with Crippen molar-refractivity contribution in [2.45, 2.75) is 6.54 Å². The SMILES string of the molecule is O=[N+]([O-])c1ccc2nc(NCCn3ccnc3)ccc2c1. The molecule has 0 radical (unpaired) electrons. The molecule has 0 saturated carbocycles. The first kappa shape index (κ1) is 13.0. The Hall–Kier alpha value is -2.96. The van der Waals surface area contributed by atoms with Crippen LogP contribution in [-0.2, 0) is 6.54 Å². The highest BCUT2D eigenvalue weighted by Crippen LogP contribution is 2.20. The van der Waals surface area contributed by atoms with Gasteiger partial charge in [0, 0.05) is 43.0 Å². The monoisotopic (exact) mass is 283 g/mol. The smallest absolute Gasteiger partial charge is 0.270 e. The molecule has 7 nitrogen and oxygen atoms in total. The van der Waals surface area contributed by atoms with Gasteiger partial charge in [-0.3, -0.25) is 10.1 Å². The number of rotatable bonds is 5. The summed E-state index contributed by atoms with van der Waals surface area (Å²) in [6.07, 6.45) is 5.39. The number of hydrogen-bond donors (Lipinski definition) is 1. The maximum Gasteiger partial charge on any atom is 0.270 e. The predicted octanol–water partition coefficient (Wildman–Crippen LogP) is 2.45. The van der Waals surface area contributed by atoms with Crippen LogP contribution in [0.2, 0.25) is 0 Å². The fourth-order valence-corrected chi connectivity index (χ4v) is 2.06. The van der Waals surface area contributed by atoms with Gasteiger partial charge < -0.3 is 9.88 Å². The number of nitro groups is 1. The normalized spacial score (nSPS) is 10.7. The Morgan fingerprint density at radius 3 is 2.95 bits per heavy atom. The second-order valence-corrected chi connectivity index (χ2v) is 4.56. The Morgan fingerprint density at radius 2 is 2.19 bits per heavy atom. The van der Waals surface area contributed by atoms with Gasteiger partial charge in [0.25, 0.3) is 5.69 Å². The number of anilines is 1. The standard InChI is InChI=1S/C14H13N5O2/c20-19(21)12-2-3-13-11(9-12)1-4-14(17-13)16-6-8-18-7-5-15-10-18/h1-5,7,9-10H,6,8H2,(H,16,17). The van der Waals surface area contributed by atoms with Crippen LogP contribution in [0.4, 0.5) is 11.5 Å². The highest BCUT2D eigenvalue weighted by atomic mass is 16.6. The number of nitrogens with zero attached hydrogens (tertiary/aromatic N) is 4. The van der Waals surface area contributed by atoms with Crippen LogP contribution in [0.1, 0.15) is 0 Å². The van der Waals surface area contributed by atoms with Crippen molar-refractivity contribution in [3.63, 3.8) is 0 Å². The van der Waals surface area contributed by atoms with E-state index in [2.05, 4.69) is 15.3 Å². The molecule has 3 aromatic rings. The maximum atomic E-state index is 10.7. The van der Waals surface area contributed by atoms with E-state index >= 15 is 0 Å². The molecule has 7 heteroatoms. The molecule has 0 aliphatic heterocycles. The van der Waals surface area contributed by atoms with Gasteiger partial charge in [0.15, 0.2) is 0 Å². The van der Waals surface area contributed by atoms with Crippen molar-refractivity contribution in [1.82, 2.24) is 14.5 Å². The lowest BCUT2D eigenvalue weighted by Gasteiger charge is -2.07. The zero-order valence-corrected chi connectivity index (χ0v) is 11.1. The molecule has 0 atom stereocenters. The number of benzene rings is 1. The van der Waals surface area contributed by atoms with Crippen LogP contribution >= 0.6 is 0 Å². The number of non-ortho nitro benzene ring substituents is 1. The van der Waals surface area contributed by atoms with E-state index in [9.17, 15) is 10.1 Å². The van der Waals surface area contributed by atoms with Crippen LogP contribution in [-0.4, -0.2) is 26.0 Å². The van der Waals surface area contributed by atoms with Crippen LogP contribution < -0.4 is 5.32 Å². The van der Waals surface area contributed by atoms with Gasteiger partial charge in [-0.25, -0.2) is 9.97 Å². The first-order valence-corrected chi connectivity index (χ1v) is 6.47. The second kappa shape index (κ2) is 5.58. The van der Waals surface area contributed by atoms with Crippen molar-refractivity contribution in [3.05, 3.63) is 59.2 Å². The molecule has 1 N–H and O–H groups in total. The van der Waals surface area contributed by atoms with Crippen molar-refractivity contribution in [3.8, 4) is 0 Å². The molecule has 0 unspecified atom stereocenters. The Bertz CT molecular complexity index is 770. The first-order chi connectivity index (χ1) is 10.2. The van der Waals surface area contributed by atoms with Crippen molar-refractivity contribution in [2.24, 2.45) is 0 Å². The number of nitrogens with one attached hydrogen (secondary N) is 1. The first-order valence-electron chi connectivity index (χ1n) is 6.47. The van der Waals surface area contributed by atoms with Gasteiger partial charge in [0.2, 0.25) is 0 Å².